The molecule has 3 N–H and O–H groups in total. The second-order valence-corrected chi connectivity index (χ2v) is 2.56. The van der Waals surface area contributed by atoms with E-state index < -0.39 is 0 Å². The molecule has 1 rings (SSSR count). The van der Waals surface area contributed by atoms with Crippen LogP contribution < -0.4 is 11.1 Å². The molecule has 0 atom stereocenters. The van der Waals surface area contributed by atoms with E-state index in [1.54, 1.807) is 10.9 Å². The van der Waals surface area contributed by atoms with Crippen LogP contribution in [-0.2, 0) is 6.54 Å². The zero-order valence-corrected chi connectivity index (χ0v) is 7.11. The van der Waals surface area contributed by atoms with E-state index in [-0.39, 0.29) is 0 Å². The van der Waals surface area contributed by atoms with Crippen LogP contribution in [0, 0.1) is 0 Å². The fourth-order valence-corrected chi connectivity index (χ4v) is 0.898. The molecule has 0 bridgehead atoms. The molecule has 0 radical (unpaired) electrons. The zero-order valence-electron chi connectivity index (χ0n) is 7.11. The average Bonchev–Trinajstić information content (AvgIpc) is 2.57. The molecule has 5 heteroatoms. The first kappa shape index (κ1) is 9.15. The van der Waals surface area contributed by atoms with Crippen LogP contribution >= 0.6 is 0 Å². The predicted molar refractivity (Wildman–Crippen MR) is 46.6 cm³/mol. The third kappa shape index (κ3) is 3.45. The maximum atomic E-state index is 5.34. The van der Waals surface area contributed by atoms with Crippen molar-refractivity contribution in [3.8, 4) is 0 Å². The van der Waals surface area contributed by atoms with Gasteiger partial charge in [-0.05, 0) is 19.5 Å². The van der Waals surface area contributed by atoms with Gasteiger partial charge in [0.1, 0.15) is 0 Å². The summed E-state index contributed by atoms with van der Waals surface area (Å²) in [5.41, 5.74) is 5.34. The minimum Gasteiger partial charge on any atom is -0.330 e. The molecular formula is C7H15N5. The van der Waals surface area contributed by atoms with Crippen LogP contribution in [-0.4, -0.2) is 34.6 Å². The van der Waals surface area contributed by atoms with Crippen LogP contribution in [0.1, 0.15) is 6.42 Å². The van der Waals surface area contributed by atoms with Gasteiger partial charge in [-0.25, -0.2) is 0 Å². The summed E-state index contributed by atoms with van der Waals surface area (Å²) in [5.74, 6) is 0. The molecule has 0 fully saturated rings. The Kier molecular flexibility index (Phi) is 4.33. The Bertz CT molecular complexity index is 184. The maximum absolute atomic E-state index is 5.34. The van der Waals surface area contributed by atoms with Gasteiger partial charge >= 0.3 is 0 Å². The molecule has 0 aliphatic rings. The average molecular weight is 169 g/mol. The van der Waals surface area contributed by atoms with Gasteiger partial charge in [0.15, 0.2) is 0 Å². The van der Waals surface area contributed by atoms with E-state index >= 15 is 0 Å². The molecule has 0 aliphatic heterocycles. The van der Waals surface area contributed by atoms with E-state index in [1.165, 1.54) is 0 Å². The second kappa shape index (κ2) is 5.68. The minimum absolute atomic E-state index is 0.746. The third-order valence-electron chi connectivity index (χ3n) is 1.55. The van der Waals surface area contributed by atoms with Crippen molar-refractivity contribution in [1.82, 2.24) is 20.3 Å². The third-order valence-corrected chi connectivity index (χ3v) is 1.55. The van der Waals surface area contributed by atoms with Crippen LogP contribution in [0.25, 0.3) is 0 Å². The highest BCUT2D eigenvalue weighted by molar-refractivity contribution is 4.64. The van der Waals surface area contributed by atoms with E-state index in [0.717, 1.165) is 32.6 Å². The molecule has 0 saturated carbocycles. The monoisotopic (exact) mass is 169 g/mol. The van der Waals surface area contributed by atoms with Crippen LogP contribution in [0.4, 0.5) is 0 Å². The smallest absolute Gasteiger partial charge is 0.0692 e. The van der Waals surface area contributed by atoms with E-state index in [1.807, 2.05) is 6.20 Å². The summed E-state index contributed by atoms with van der Waals surface area (Å²) < 4.78 is 1.80. The second-order valence-electron chi connectivity index (χ2n) is 2.56. The standard InChI is InChI=1S/C7H15N5/c8-2-1-3-9-4-6-12-7-5-10-11-12/h5,7,9H,1-4,6,8H2. The van der Waals surface area contributed by atoms with Gasteiger partial charge in [-0.1, -0.05) is 5.21 Å². The predicted octanol–water partition coefficient (Wildman–Crippen LogP) is -0.783. The van der Waals surface area contributed by atoms with Crippen molar-refractivity contribution in [3.63, 3.8) is 0 Å². The lowest BCUT2D eigenvalue weighted by atomic mass is 10.4. The van der Waals surface area contributed by atoms with Crippen molar-refractivity contribution in [2.75, 3.05) is 19.6 Å². The molecule has 12 heavy (non-hydrogen) atoms. The molecule has 0 amide bonds. The minimum atomic E-state index is 0.746. The molecule has 0 unspecified atom stereocenters. The normalized spacial score (nSPS) is 10.4. The Morgan fingerprint density at radius 1 is 1.42 bits per heavy atom. The number of hydrogen-bond acceptors (Lipinski definition) is 4. The summed E-state index contributed by atoms with van der Waals surface area (Å²) >= 11 is 0. The summed E-state index contributed by atoms with van der Waals surface area (Å²) in [6.45, 7) is 3.51. The van der Waals surface area contributed by atoms with Gasteiger partial charge < -0.3 is 11.1 Å². The molecule has 0 spiro atoms. The van der Waals surface area contributed by atoms with Crippen molar-refractivity contribution in [2.45, 2.75) is 13.0 Å². The first-order valence-electron chi connectivity index (χ1n) is 4.18. The highest BCUT2D eigenvalue weighted by Crippen LogP contribution is 1.78. The van der Waals surface area contributed by atoms with E-state index in [9.17, 15) is 0 Å². The van der Waals surface area contributed by atoms with Gasteiger partial charge in [0.05, 0.1) is 12.7 Å². The molecule has 1 aromatic heterocycles. The Balaban J connectivity index is 1.96. The van der Waals surface area contributed by atoms with Crippen LogP contribution in [0.5, 0.6) is 0 Å². The Morgan fingerprint density at radius 2 is 2.33 bits per heavy atom. The van der Waals surface area contributed by atoms with Gasteiger partial charge in [0, 0.05) is 12.7 Å². The number of rotatable bonds is 6. The van der Waals surface area contributed by atoms with E-state index in [0.29, 0.717) is 0 Å². The summed E-state index contributed by atoms with van der Waals surface area (Å²) in [5, 5.41) is 10.8. The van der Waals surface area contributed by atoms with Crippen molar-refractivity contribution in [1.29, 1.82) is 0 Å². The van der Waals surface area contributed by atoms with E-state index in [4.69, 9.17) is 5.73 Å². The van der Waals surface area contributed by atoms with Gasteiger partial charge in [-0.3, -0.25) is 4.68 Å². The first-order chi connectivity index (χ1) is 5.93. The van der Waals surface area contributed by atoms with Gasteiger partial charge in [0.25, 0.3) is 0 Å². The summed E-state index contributed by atoms with van der Waals surface area (Å²) in [6.07, 6.45) is 4.56. The Morgan fingerprint density at radius 3 is 3.00 bits per heavy atom. The maximum Gasteiger partial charge on any atom is 0.0692 e. The fraction of sp³-hybridized carbons (Fsp3) is 0.714. The highest BCUT2D eigenvalue weighted by Gasteiger charge is 1.89. The molecule has 0 aliphatic carbocycles. The largest absolute Gasteiger partial charge is 0.330 e. The Labute approximate surface area is 71.9 Å². The molecule has 1 aromatic rings. The van der Waals surface area contributed by atoms with Crippen molar-refractivity contribution in [3.05, 3.63) is 12.4 Å². The summed E-state index contributed by atoms with van der Waals surface area (Å²) in [4.78, 5) is 0. The van der Waals surface area contributed by atoms with Crippen LogP contribution in [0.15, 0.2) is 12.4 Å². The topological polar surface area (TPSA) is 68.8 Å². The summed E-state index contributed by atoms with van der Waals surface area (Å²) in [7, 11) is 0. The summed E-state index contributed by atoms with van der Waals surface area (Å²) in [6, 6.07) is 0. The lowest BCUT2D eigenvalue weighted by Crippen LogP contribution is -2.23. The van der Waals surface area contributed by atoms with Crippen molar-refractivity contribution < 1.29 is 0 Å². The SMILES string of the molecule is NCCCNCCn1ccnn1. The highest BCUT2D eigenvalue weighted by atomic mass is 15.4. The molecule has 0 aromatic carbocycles. The lowest BCUT2D eigenvalue weighted by molar-refractivity contribution is 0.536. The van der Waals surface area contributed by atoms with Gasteiger partial charge in [-0.15, -0.1) is 5.10 Å². The number of nitrogens with one attached hydrogen (secondary N) is 1. The van der Waals surface area contributed by atoms with Crippen LogP contribution in [0.2, 0.25) is 0 Å². The number of nitrogens with zero attached hydrogens (tertiary/aromatic N) is 3. The quantitative estimate of drug-likeness (QED) is 0.548. The molecule has 0 saturated heterocycles. The molecule has 5 nitrogen and oxygen atoms in total. The lowest BCUT2D eigenvalue weighted by Gasteiger charge is -2.02. The Hall–Kier alpha value is -0.940. The van der Waals surface area contributed by atoms with Crippen LogP contribution in [0.3, 0.4) is 0 Å². The number of hydrogen-bond donors (Lipinski definition) is 2. The number of aromatic nitrogens is 3. The first-order valence-corrected chi connectivity index (χ1v) is 4.18. The number of nitrogens with two attached hydrogens (primary N) is 1. The molecule has 1 heterocycles. The zero-order chi connectivity index (χ0) is 8.65. The molecule has 68 valence electrons. The molecular weight excluding hydrogens is 154 g/mol. The fourth-order valence-electron chi connectivity index (χ4n) is 0.898. The van der Waals surface area contributed by atoms with Crippen molar-refractivity contribution in [2.24, 2.45) is 5.73 Å². The van der Waals surface area contributed by atoms with Gasteiger partial charge in [-0.2, -0.15) is 0 Å². The van der Waals surface area contributed by atoms with E-state index in [2.05, 4.69) is 15.6 Å². The van der Waals surface area contributed by atoms with Gasteiger partial charge in [0.2, 0.25) is 0 Å². The van der Waals surface area contributed by atoms with Crippen molar-refractivity contribution >= 4 is 0 Å².